The number of carbonyl (C=O) groups is 1. The minimum absolute atomic E-state index is 0.120. The summed E-state index contributed by atoms with van der Waals surface area (Å²) in [5, 5.41) is 12.1. The zero-order chi connectivity index (χ0) is 21.5. The standard InChI is InChI=1S/C24H24N2O4/c1-6-24(29)16-9-18-21-20(13(4)19-12(3)11(2)7-8-17(19)25-21)14(5)26(18)22(27)15(16)10-30-23(24)28/h7-9,14,29H,6,10H2,1-5H3/t14?,24-/m0/s1. The molecule has 0 aliphatic carbocycles. The molecule has 30 heavy (non-hydrogen) atoms. The summed E-state index contributed by atoms with van der Waals surface area (Å²) in [5.41, 5.74) is 5.43. The van der Waals surface area contributed by atoms with Crippen molar-refractivity contribution < 1.29 is 14.6 Å². The second-order valence-corrected chi connectivity index (χ2v) is 8.46. The van der Waals surface area contributed by atoms with Crippen molar-refractivity contribution in [2.45, 2.75) is 59.3 Å². The summed E-state index contributed by atoms with van der Waals surface area (Å²) in [5.74, 6) is -0.707. The Balaban J connectivity index is 1.88. The van der Waals surface area contributed by atoms with Gasteiger partial charge in [0.2, 0.25) is 0 Å². The maximum absolute atomic E-state index is 13.5. The molecule has 4 heterocycles. The molecule has 154 valence electrons. The minimum atomic E-state index is -1.81. The number of cyclic esters (lactones) is 1. The van der Waals surface area contributed by atoms with Crippen molar-refractivity contribution in [1.82, 2.24) is 9.55 Å². The summed E-state index contributed by atoms with van der Waals surface area (Å²) in [6.45, 7) is 9.85. The average Bonchev–Trinajstić information content (AvgIpc) is 3.00. The molecule has 6 heteroatoms. The van der Waals surface area contributed by atoms with Gasteiger partial charge in [0.15, 0.2) is 5.60 Å². The number of hydrogen-bond acceptors (Lipinski definition) is 5. The van der Waals surface area contributed by atoms with Crippen LogP contribution < -0.4 is 5.56 Å². The van der Waals surface area contributed by atoms with Crippen LogP contribution in [0.5, 0.6) is 0 Å². The van der Waals surface area contributed by atoms with Gasteiger partial charge in [-0.15, -0.1) is 0 Å². The first-order valence-corrected chi connectivity index (χ1v) is 10.3. The van der Waals surface area contributed by atoms with E-state index in [1.807, 2.05) is 13.0 Å². The summed E-state index contributed by atoms with van der Waals surface area (Å²) in [6.07, 6.45) is 0.132. The molecule has 0 radical (unpaired) electrons. The van der Waals surface area contributed by atoms with Crippen molar-refractivity contribution in [3.05, 3.63) is 61.9 Å². The van der Waals surface area contributed by atoms with E-state index in [2.05, 4.69) is 26.8 Å². The summed E-state index contributed by atoms with van der Waals surface area (Å²) in [4.78, 5) is 30.7. The third-order valence-corrected chi connectivity index (χ3v) is 7.01. The monoisotopic (exact) mass is 404 g/mol. The van der Waals surface area contributed by atoms with Crippen LogP contribution in [0.15, 0.2) is 23.0 Å². The Bertz CT molecular complexity index is 1340. The summed E-state index contributed by atoms with van der Waals surface area (Å²) in [7, 11) is 0. The quantitative estimate of drug-likeness (QED) is 0.627. The number of hydrogen-bond donors (Lipinski definition) is 1. The molecule has 0 bridgehead atoms. The van der Waals surface area contributed by atoms with Gasteiger partial charge in [0.05, 0.1) is 28.5 Å². The number of nitrogens with zero attached hydrogens (tertiary/aromatic N) is 2. The normalized spacial score (nSPS) is 21.9. The molecule has 0 saturated heterocycles. The number of rotatable bonds is 1. The molecule has 0 fully saturated rings. The van der Waals surface area contributed by atoms with Gasteiger partial charge >= 0.3 is 5.97 Å². The van der Waals surface area contributed by atoms with Gasteiger partial charge in [-0.3, -0.25) is 9.36 Å². The number of aliphatic hydroxyl groups is 1. The molecule has 3 aromatic rings. The van der Waals surface area contributed by atoms with Crippen molar-refractivity contribution in [3.8, 4) is 11.4 Å². The zero-order valence-electron chi connectivity index (χ0n) is 17.8. The molecule has 1 unspecified atom stereocenters. The van der Waals surface area contributed by atoms with E-state index in [0.717, 1.165) is 27.7 Å². The third-order valence-electron chi connectivity index (χ3n) is 7.01. The number of esters is 1. The average molecular weight is 404 g/mol. The molecule has 2 atom stereocenters. The van der Waals surface area contributed by atoms with Gasteiger partial charge in [-0.2, -0.15) is 0 Å². The Morgan fingerprint density at radius 2 is 1.97 bits per heavy atom. The number of aromatic nitrogens is 2. The number of pyridine rings is 2. The van der Waals surface area contributed by atoms with Crippen LogP contribution in [0, 0.1) is 20.8 Å². The Hall–Kier alpha value is -2.99. The highest BCUT2D eigenvalue weighted by Crippen LogP contribution is 2.44. The number of fused-ring (bicyclic) bond motifs is 5. The molecule has 1 aromatic carbocycles. The lowest BCUT2D eigenvalue weighted by Gasteiger charge is -2.32. The highest BCUT2D eigenvalue weighted by molar-refractivity contribution is 5.92. The van der Waals surface area contributed by atoms with Crippen molar-refractivity contribution in [2.75, 3.05) is 0 Å². The lowest BCUT2D eigenvalue weighted by Crippen LogP contribution is -2.44. The van der Waals surface area contributed by atoms with Crippen LogP contribution >= 0.6 is 0 Å². The smallest absolute Gasteiger partial charge is 0.343 e. The highest BCUT2D eigenvalue weighted by Gasteiger charge is 2.46. The van der Waals surface area contributed by atoms with E-state index in [1.165, 1.54) is 11.1 Å². The Morgan fingerprint density at radius 3 is 2.67 bits per heavy atom. The Morgan fingerprint density at radius 1 is 1.23 bits per heavy atom. The fourth-order valence-electron chi connectivity index (χ4n) is 5.14. The third kappa shape index (κ3) is 2.14. The van der Waals surface area contributed by atoms with Gasteiger partial charge in [-0.25, -0.2) is 9.78 Å². The molecule has 0 spiro atoms. The van der Waals surface area contributed by atoms with Crippen LogP contribution in [0.1, 0.15) is 59.7 Å². The van der Waals surface area contributed by atoms with Crippen LogP contribution in [0.2, 0.25) is 0 Å². The van der Waals surface area contributed by atoms with Gasteiger partial charge < -0.3 is 9.84 Å². The molecule has 6 nitrogen and oxygen atoms in total. The molecule has 1 N–H and O–H groups in total. The van der Waals surface area contributed by atoms with E-state index < -0.39 is 11.6 Å². The van der Waals surface area contributed by atoms with E-state index in [1.54, 1.807) is 17.6 Å². The van der Waals surface area contributed by atoms with E-state index in [-0.39, 0.29) is 24.6 Å². The van der Waals surface area contributed by atoms with Gasteiger partial charge in [0.25, 0.3) is 5.56 Å². The van der Waals surface area contributed by atoms with Crippen molar-refractivity contribution in [3.63, 3.8) is 0 Å². The summed E-state index contributed by atoms with van der Waals surface area (Å²) < 4.78 is 6.88. The highest BCUT2D eigenvalue weighted by atomic mass is 16.6. The topological polar surface area (TPSA) is 81.4 Å². The first-order chi connectivity index (χ1) is 14.2. The van der Waals surface area contributed by atoms with Crippen molar-refractivity contribution in [2.24, 2.45) is 0 Å². The van der Waals surface area contributed by atoms with E-state index in [9.17, 15) is 14.7 Å². The second kappa shape index (κ2) is 6.01. The van der Waals surface area contributed by atoms with Gasteiger partial charge in [0, 0.05) is 16.5 Å². The number of aryl methyl sites for hydroxylation is 3. The zero-order valence-corrected chi connectivity index (χ0v) is 17.8. The molecular formula is C24H24N2O4. The van der Waals surface area contributed by atoms with Crippen LogP contribution in [0.25, 0.3) is 22.3 Å². The maximum atomic E-state index is 13.5. The first-order valence-electron chi connectivity index (χ1n) is 10.3. The van der Waals surface area contributed by atoms with Gasteiger partial charge in [-0.05, 0) is 62.9 Å². The SMILES string of the molecule is CC[C@@]1(O)C(=O)OCc2c1cc1n(c2=O)C(C)c2c-1nc1ccc(C)c(C)c1c2C. The minimum Gasteiger partial charge on any atom is -0.458 e. The molecule has 5 rings (SSSR count). The van der Waals surface area contributed by atoms with Crippen LogP contribution in [-0.4, -0.2) is 20.6 Å². The lowest BCUT2D eigenvalue weighted by atomic mass is 9.86. The Labute approximate surface area is 174 Å². The van der Waals surface area contributed by atoms with Crippen molar-refractivity contribution in [1.29, 1.82) is 0 Å². The number of carbonyl (C=O) groups excluding carboxylic acids is 1. The fraction of sp³-hybridized carbons (Fsp3) is 0.375. The van der Waals surface area contributed by atoms with Crippen LogP contribution in [0.4, 0.5) is 0 Å². The predicted octanol–water partition coefficient (Wildman–Crippen LogP) is 3.57. The maximum Gasteiger partial charge on any atom is 0.343 e. The molecule has 0 saturated carbocycles. The summed E-state index contributed by atoms with van der Waals surface area (Å²) in [6, 6.07) is 5.63. The second-order valence-electron chi connectivity index (χ2n) is 8.46. The lowest BCUT2D eigenvalue weighted by molar-refractivity contribution is -0.172. The molecule has 2 aliphatic heterocycles. The van der Waals surface area contributed by atoms with E-state index in [4.69, 9.17) is 9.72 Å². The van der Waals surface area contributed by atoms with Gasteiger partial charge in [0.1, 0.15) is 6.61 Å². The van der Waals surface area contributed by atoms with Gasteiger partial charge in [-0.1, -0.05) is 13.0 Å². The first kappa shape index (κ1) is 19.0. The van der Waals surface area contributed by atoms with Crippen LogP contribution in [0.3, 0.4) is 0 Å². The number of benzene rings is 1. The molecule has 2 aliphatic rings. The molecular weight excluding hydrogens is 380 g/mol. The fourth-order valence-corrected chi connectivity index (χ4v) is 5.14. The summed E-state index contributed by atoms with van der Waals surface area (Å²) >= 11 is 0. The van der Waals surface area contributed by atoms with Crippen molar-refractivity contribution >= 4 is 16.9 Å². The Kier molecular flexibility index (Phi) is 3.81. The number of ether oxygens (including phenoxy) is 1. The van der Waals surface area contributed by atoms with E-state index in [0.29, 0.717) is 16.8 Å². The molecule has 2 aromatic heterocycles. The van der Waals surface area contributed by atoms with E-state index >= 15 is 0 Å². The largest absolute Gasteiger partial charge is 0.458 e. The van der Waals surface area contributed by atoms with Crippen LogP contribution in [-0.2, 0) is 21.7 Å². The predicted molar refractivity (Wildman–Crippen MR) is 113 cm³/mol. The molecule has 0 amide bonds.